The summed E-state index contributed by atoms with van der Waals surface area (Å²) in [6.07, 6.45) is 3.33. The Hall–Kier alpha value is -4.45. The van der Waals surface area contributed by atoms with Crippen LogP contribution in [0.4, 0.5) is 4.39 Å². The fourth-order valence-electron chi connectivity index (χ4n) is 3.76. The average Bonchev–Trinajstić information content (AvgIpc) is 3.31. The van der Waals surface area contributed by atoms with Crippen LogP contribution in [-0.2, 0) is 16.7 Å². The first kappa shape index (κ1) is 24.7. The molecule has 0 unspecified atom stereocenters. The van der Waals surface area contributed by atoms with Gasteiger partial charge in [0.2, 0.25) is 0 Å². The highest BCUT2D eigenvalue weighted by molar-refractivity contribution is 7.63. The van der Waals surface area contributed by atoms with Gasteiger partial charge in [-0.15, -0.1) is 0 Å². The molecular weight excluding hydrogens is 489 g/mol. The summed E-state index contributed by atoms with van der Waals surface area (Å²) < 4.78 is 48.3. The molecule has 186 valence electrons. The first-order chi connectivity index (χ1) is 17.4. The zero-order valence-electron chi connectivity index (χ0n) is 19.6. The maximum absolute atomic E-state index is 13.6. The van der Waals surface area contributed by atoms with Crippen molar-refractivity contribution in [2.24, 2.45) is 0 Å². The van der Waals surface area contributed by atoms with Crippen molar-refractivity contribution in [2.45, 2.75) is 13.3 Å². The normalized spacial score (nSPS) is 10.7. The van der Waals surface area contributed by atoms with Gasteiger partial charge in [-0.2, -0.15) is 8.42 Å². The molecule has 0 saturated heterocycles. The molecule has 0 bridgehead atoms. The van der Waals surface area contributed by atoms with Crippen molar-refractivity contribution in [3.05, 3.63) is 76.6 Å². The molecule has 0 saturated carbocycles. The summed E-state index contributed by atoms with van der Waals surface area (Å²) in [5, 5.41) is 0. The SMILES string of the molecule is CCc1c(C(=O)Nn2c(-c3cc[nH]c(=S(=O)=O)n3)cnc2-c2ccc(F)cc2)ccc(OC)c1OC. The van der Waals surface area contributed by atoms with E-state index in [1.54, 1.807) is 18.2 Å². The molecule has 0 aliphatic carbocycles. The van der Waals surface area contributed by atoms with Crippen molar-refractivity contribution in [2.75, 3.05) is 19.6 Å². The van der Waals surface area contributed by atoms with E-state index in [9.17, 15) is 17.6 Å². The van der Waals surface area contributed by atoms with Crippen LogP contribution in [0.1, 0.15) is 22.8 Å². The van der Waals surface area contributed by atoms with Crippen LogP contribution in [0.2, 0.25) is 0 Å². The Labute approximate surface area is 206 Å². The van der Waals surface area contributed by atoms with Gasteiger partial charge in [0.05, 0.1) is 26.1 Å². The van der Waals surface area contributed by atoms with Gasteiger partial charge in [-0.3, -0.25) is 10.2 Å². The minimum atomic E-state index is -2.60. The smallest absolute Gasteiger partial charge is 0.270 e. The first-order valence-corrected chi connectivity index (χ1v) is 11.8. The molecule has 1 amide bonds. The van der Waals surface area contributed by atoms with E-state index in [0.717, 1.165) is 0 Å². The van der Waals surface area contributed by atoms with Gasteiger partial charge in [-0.05, 0) is 48.9 Å². The van der Waals surface area contributed by atoms with Gasteiger partial charge in [-0.1, -0.05) is 6.92 Å². The van der Waals surface area contributed by atoms with Crippen LogP contribution in [0.25, 0.3) is 22.8 Å². The molecule has 2 aromatic carbocycles. The molecule has 0 fully saturated rings. The Morgan fingerprint density at radius 1 is 1.11 bits per heavy atom. The zero-order chi connectivity index (χ0) is 25.8. The van der Waals surface area contributed by atoms with Crippen LogP contribution in [0.15, 0.2) is 54.9 Å². The molecule has 36 heavy (non-hydrogen) atoms. The van der Waals surface area contributed by atoms with Gasteiger partial charge in [0, 0.05) is 22.9 Å². The molecule has 12 heteroatoms. The van der Waals surface area contributed by atoms with Crippen LogP contribution in [0.3, 0.4) is 0 Å². The van der Waals surface area contributed by atoms with E-state index in [1.807, 2.05) is 6.92 Å². The second kappa shape index (κ2) is 10.4. The summed E-state index contributed by atoms with van der Waals surface area (Å²) in [6, 6.07) is 10.4. The highest BCUT2D eigenvalue weighted by atomic mass is 32.2. The number of halogens is 1. The van der Waals surface area contributed by atoms with Gasteiger partial charge in [-0.25, -0.2) is 19.0 Å². The highest BCUT2D eigenvalue weighted by Crippen LogP contribution is 2.34. The molecule has 4 rings (SSSR count). The first-order valence-electron chi connectivity index (χ1n) is 10.7. The van der Waals surface area contributed by atoms with E-state index in [1.165, 1.54) is 55.6 Å². The van der Waals surface area contributed by atoms with Crippen molar-refractivity contribution in [3.63, 3.8) is 0 Å². The monoisotopic (exact) mass is 511 g/mol. The van der Waals surface area contributed by atoms with Crippen LogP contribution in [0.5, 0.6) is 11.5 Å². The summed E-state index contributed by atoms with van der Waals surface area (Å²) in [5.41, 5.74) is 4.85. The number of aromatic amines is 1. The lowest BCUT2D eigenvalue weighted by Crippen LogP contribution is -2.25. The number of imidazole rings is 1. The molecule has 0 radical (unpaired) electrons. The maximum atomic E-state index is 13.6. The minimum absolute atomic E-state index is 0.233. The van der Waals surface area contributed by atoms with E-state index >= 15 is 0 Å². The number of carbonyl (C=O) groups excluding carboxylic acids is 1. The zero-order valence-corrected chi connectivity index (χ0v) is 20.4. The predicted octanol–water partition coefficient (Wildman–Crippen LogP) is 3.45. The van der Waals surface area contributed by atoms with E-state index in [4.69, 9.17) is 9.47 Å². The lowest BCUT2D eigenvalue weighted by molar-refractivity contribution is 0.101. The lowest BCUT2D eigenvalue weighted by atomic mass is 10.0. The number of carbonyl (C=O) groups is 1. The second-order valence-corrected chi connectivity index (χ2v) is 8.30. The molecule has 0 aliphatic heterocycles. The number of H-pyrrole nitrogens is 1. The number of benzene rings is 2. The number of hydrogen-bond donors (Lipinski definition) is 2. The Balaban J connectivity index is 1.87. The second-order valence-electron chi connectivity index (χ2n) is 7.45. The third-order valence-corrected chi connectivity index (χ3v) is 5.94. The van der Waals surface area contributed by atoms with Crippen LogP contribution >= 0.6 is 0 Å². The van der Waals surface area contributed by atoms with Crippen molar-refractivity contribution in [1.82, 2.24) is 19.6 Å². The van der Waals surface area contributed by atoms with E-state index < -0.39 is 22.0 Å². The van der Waals surface area contributed by atoms with Crippen molar-refractivity contribution >= 4 is 16.2 Å². The molecule has 0 aliphatic rings. The lowest BCUT2D eigenvalue weighted by Gasteiger charge is -2.18. The molecule has 2 aromatic heterocycles. The maximum Gasteiger partial charge on any atom is 0.270 e. The number of rotatable bonds is 7. The largest absolute Gasteiger partial charge is 0.493 e. The van der Waals surface area contributed by atoms with Crippen LogP contribution in [0, 0.1) is 10.6 Å². The predicted molar refractivity (Wildman–Crippen MR) is 130 cm³/mol. The standard InChI is InChI=1S/C24H22FN5O5S/c1-4-16-17(9-10-20(34-2)21(16)35-3)23(31)29-30-19(18-11-12-26-24(28-18)36(32)33)13-27-22(30)14-5-7-15(25)8-6-14/h5-13,26H,4H2,1-3H3,(H,29,31). The molecule has 2 heterocycles. The number of amides is 1. The third kappa shape index (κ3) is 4.70. The number of ether oxygens (including phenoxy) is 2. The molecule has 10 nitrogen and oxygen atoms in total. The van der Waals surface area contributed by atoms with Crippen molar-refractivity contribution < 1.29 is 27.1 Å². The fourth-order valence-corrected chi connectivity index (χ4v) is 4.10. The number of hydrogen-bond acceptors (Lipinski definition) is 7. The number of aromatic nitrogens is 4. The molecule has 0 atom stereocenters. The molecular formula is C24H22FN5O5S. The van der Waals surface area contributed by atoms with E-state index in [0.29, 0.717) is 40.3 Å². The molecule has 2 N–H and O–H groups in total. The summed E-state index contributed by atoms with van der Waals surface area (Å²) in [6.45, 7) is 1.88. The Kier molecular flexibility index (Phi) is 7.15. The van der Waals surface area contributed by atoms with Gasteiger partial charge < -0.3 is 14.5 Å². The summed E-state index contributed by atoms with van der Waals surface area (Å²) in [5.74, 6) is 0.313. The van der Waals surface area contributed by atoms with E-state index in [2.05, 4.69) is 20.4 Å². The Bertz CT molecular complexity index is 1600. The summed E-state index contributed by atoms with van der Waals surface area (Å²) in [4.78, 5) is 24.6. The van der Waals surface area contributed by atoms with Crippen molar-refractivity contribution in [1.29, 1.82) is 0 Å². The van der Waals surface area contributed by atoms with Gasteiger partial charge >= 0.3 is 0 Å². The highest BCUT2D eigenvalue weighted by Gasteiger charge is 2.22. The minimum Gasteiger partial charge on any atom is -0.493 e. The topological polar surface area (TPSA) is 128 Å². The van der Waals surface area contributed by atoms with Crippen LogP contribution < -0.4 is 14.9 Å². The quantitative estimate of drug-likeness (QED) is 0.364. The number of nitrogens with one attached hydrogen (secondary N) is 2. The fraction of sp³-hybridized carbons (Fsp3) is 0.167. The van der Waals surface area contributed by atoms with Crippen LogP contribution in [-0.4, -0.2) is 48.2 Å². The number of methoxy groups -OCH3 is 2. The van der Waals surface area contributed by atoms with Crippen molar-refractivity contribution in [3.8, 4) is 34.3 Å². The summed E-state index contributed by atoms with van der Waals surface area (Å²) in [7, 11) is 0.402. The van der Waals surface area contributed by atoms with Gasteiger partial charge in [0.15, 0.2) is 17.3 Å². The third-order valence-electron chi connectivity index (χ3n) is 5.41. The molecule has 4 aromatic rings. The number of nitrogens with zero attached hydrogens (tertiary/aromatic N) is 3. The van der Waals surface area contributed by atoms with E-state index in [-0.39, 0.29) is 16.3 Å². The Morgan fingerprint density at radius 2 is 1.86 bits per heavy atom. The summed E-state index contributed by atoms with van der Waals surface area (Å²) >= 11 is 0. The van der Waals surface area contributed by atoms with Gasteiger partial charge in [0.25, 0.3) is 21.0 Å². The molecule has 0 spiro atoms. The Morgan fingerprint density at radius 3 is 2.50 bits per heavy atom. The van der Waals surface area contributed by atoms with Gasteiger partial charge in [0.1, 0.15) is 11.5 Å². The average molecular weight is 512 g/mol.